The summed E-state index contributed by atoms with van der Waals surface area (Å²) < 4.78 is 5.11. The summed E-state index contributed by atoms with van der Waals surface area (Å²) in [6.07, 6.45) is 1.03. The molecule has 0 heterocycles. The first-order valence-corrected chi connectivity index (χ1v) is 7.05. The van der Waals surface area contributed by atoms with E-state index >= 15 is 0 Å². The second-order valence-electron chi connectivity index (χ2n) is 4.33. The highest BCUT2D eigenvalue weighted by atomic mass is 32.2. The Balaban J connectivity index is 2.54. The molecule has 0 saturated carbocycles. The summed E-state index contributed by atoms with van der Waals surface area (Å²) in [6, 6.07) is 10.3. The van der Waals surface area contributed by atoms with E-state index in [0.29, 0.717) is 0 Å². The fraction of sp³-hybridized carbons (Fsp3) is 0.500. The van der Waals surface area contributed by atoms with Crippen LogP contribution in [-0.2, 0) is 0 Å². The minimum atomic E-state index is -0.472. The van der Waals surface area contributed by atoms with Gasteiger partial charge in [0.15, 0.2) is 0 Å². The predicted molar refractivity (Wildman–Crippen MR) is 76.0 cm³/mol. The number of nitrogens with zero attached hydrogens (tertiary/aromatic N) is 1. The van der Waals surface area contributed by atoms with Crippen LogP contribution < -0.4 is 10.1 Å². The van der Waals surface area contributed by atoms with Crippen LogP contribution in [0.5, 0.6) is 5.75 Å². The molecule has 0 amide bonds. The Kier molecular flexibility index (Phi) is 6.03. The van der Waals surface area contributed by atoms with Crippen molar-refractivity contribution in [2.45, 2.75) is 30.7 Å². The molecule has 0 aliphatic carbocycles. The standard InChI is InChI=1S/C14H20N2OS/c1-4-9-16-14(2,10-15)11-18-13-7-5-12(17-3)6-8-13/h5-8,16H,4,9,11H2,1-3H3. The third kappa shape index (κ3) is 4.59. The number of hydrogen-bond acceptors (Lipinski definition) is 4. The third-order valence-electron chi connectivity index (χ3n) is 2.60. The number of ether oxygens (including phenoxy) is 1. The maximum absolute atomic E-state index is 9.23. The van der Waals surface area contributed by atoms with Crippen LogP contribution in [0.1, 0.15) is 20.3 Å². The Morgan fingerprint density at radius 3 is 2.56 bits per heavy atom. The van der Waals surface area contributed by atoms with Crippen molar-refractivity contribution in [3.05, 3.63) is 24.3 Å². The molecule has 98 valence electrons. The molecule has 1 unspecified atom stereocenters. The van der Waals surface area contributed by atoms with E-state index in [9.17, 15) is 5.26 Å². The highest BCUT2D eigenvalue weighted by molar-refractivity contribution is 7.99. The van der Waals surface area contributed by atoms with Crippen LogP contribution in [0, 0.1) is 11.3 Å². The molecule has 18 heavy (non-hydrogen) atoms. The van der Waals surface area contributed by atoms with Gasteiger partial charge in [-0.1, -0.05) is 6.92 Å². The van der Waals surface area contributed by atoms with Gasteiger partial charge in [0.2, 0.25) is 0 Å². The molecule has 1 N–H and O–H groups in total. The van der Waals surface area contributed by atoms with Gasteiger partial charge in [0.1, 0.15) is 11.3 Å². The van der Waals surface area contributed by atoms with E-state index < -0.39 is 5.54 Å². The van der Waals surface area contributed by atoms with Gasteiger partial charge in [0, 0.05) is 10.6 Å². The van der Waals surface area contributed by atoms with Crippen molar-refractivity contribution in [3.8, 4) is 11.8 Å². The first-order valence-electron chi connectivity index (χ1n) is 6.06. The summed E-state index contributed by atoms with van der Waals surface area (Å²) in [5, 5.41) is 12.5. The molecule has 0 saturated heterocycles. The number of rotatable bonds is 7. The monoisotopic (exact) mass is 264 g/mol. The molecule has 1 atom stereocenters. The maximum Gasteiger partial charge on any atom is 0.118 e. The van der Waals surface area contributed by atoms with E-state index in [4.69, 9.17) is 4.74 Å². The maximum atomic E-state index is 9.23. The van der Waals surface area contributed by atoms with Gasteiger partial charge >= 0.3 is 0 Å². The second-order valence-corrected chi connectivity index (χ2v) is 5.38. The zero-order valence-corrected chi connectivity index (χ0v) is 12.0. The van der Waals surface area contributed by atoms with E-state index in [2.05, 4.69) is 18.3 Å². The Hall–Kier alpha value is -1.18. The average Bonchev–Trinajstić information content (AvgIpc) is 2.43. The minimum Gasteiger partial charge on any atom is -0.497 e. The number of benzene rings is 1. The second kappa shape index (κ2) is 7.30. The van der Waals surface area contributed by atoms with E-state index in [-0.39, 0.29) is 0 Å². The average molecular weight is 264 g/mol. The summed E-state index contributed by atoms with van der Waals surface area (Å²) in [7, 11) is 1.66. The van der Waals surface area contributed by atoms with Gasteiger partial charge in [-0.25, -0.2) is 0 Å². The fourth-order valence-electron chi connectivity index (χ4n) is 1.42. The Bertz CT molecular complexity index is 399. The largest absolute Gasteiger partial charge is 0.497 e. The summed E-state index contributed by atoms with van der Waals surface area (Å²) >= 11 is 1.68. The number of nitriles is 1. The molecule has 3 nitrogen and oxygen atoms in total. The molecule has 1 rings (SSSR count). The smallest absolute Gasteiger partial charge is 0.118 e. The number of hydrogen-bond donors (Lipinski definition) is 1. The summed E-state index contributed by atoms with van der Waals surface area (Å²) in [4.78, 5) is 1.15. The fourth-order valence-corrected chi connectivity index (χ4v) is 2.37. The quantitative estimate of drug-likeness (QED) is 0.769. The predicted octanol–water partition coefficient (Wildman–Crippen LogP) is 3.07. The van der Waals surface area contributed by atoms with Crippen molar-refractivity contribution in [3.63, 3.8) is 0 Å². The molecule has 0 fully saturated rings. The van der Waals surface area contributed by atoms with Crippen LogP contribution in [-0.4, -0.2) is 24.9 Å². The number of thioether (sulfide) groups is 1. The van der Waals surface area contributed by atoms with Crippen LogP contribution >= 0.6 is 11.8 Å². The molecular weight excluding hydrogens is 244 g/mol. The highest BCUT2D eigenvalue weighted by Crippen LogP contribution is 2.24. The Morgan fingerprint density at radius 1 is 1.39 bits per heavy atom. The van der Waals surface area contributed by atoms with Crippen molar-refractivity contribution in [2.75, 3.05) is 19.4 Å². The van der Waals surface area contributed by atoms with E-state index in [1.165, 1.54) is 0 Å². The Labute approximate surface area is 114 Å². The lowest BCUT2D eigenvalue weighted by molar-refractivity contribution is 0.414. The van der Waals surface area contributed by atoms with Crippen LogP contribution in [0.15, 0.2) is 29.2 Å². The molecule has 1 aromatic rings. The molecule has 0 aromatic heterocycles. The van der Waals surface area contributed by atoms with Gasteiger partial charge in [0.05, 0.1) is 13.2 Å². The highest BCUT2D eigenvalue weighted by Gasteiger charge is 2.22. The van der Waals surface area contributed by atoms with Gasteiger partial charge in [-0.2, -0.15) is 5.26 Å². The molecule has 0 aliphatic heterocycles. The van der Waals surface area contributed by atoms with Gasteiger partial charge in [-0.15, -0.1) is 11.8 Å². The third-order valence-corrected chi connectivity index (χ3v) is 3.93. The summed E-state index contributed by atoms with van der Waals surface area (Å²) in [5.41, 5.74) is -0.472. The molecule has 1 aromatic carbocycles. The SMILES string of the molecule is CCCNC(C)(C#N)CSc1ccc(OC)cc1. The van der Waals surface area contributed by atoms with E-state index in [1.807, 2.05) is 31.2 Å². The summed E-state index contributed by atoms with van der Waals surface area (Å²) in [6.45, 7) is 4.91. The van der Waals surface area contributed by atoms with Crippen LogP contribution in [0.25, 0.3) is 0 Å². The van der Waals surface area contributed by atoms with E-state index in [0.717, 1.165) is 29.4 Å². The minimum absolute atomic E-state index is 0.472. The topological polar surface area (TPSA) is 45.0 Å². The van der Waals surface area contributed by atoms with Gasteiger partial charge < -0.3 is 4.74 Å². The normalized spacial score (nSPS) is 13.7. The van der Waals surface area contributed by atoms with E-state index in [1.54, 1.807) is 18.9 Å². The van der Waals surface area contributed by atoms with Gasteiger partial charge in [-0.3, -0.25) is 5.32 Å². The van der Waals surface area contributed by atoms with Gasteiger partial charge in [0.25, 0.3) is 0 Å². The van der Waals surface area contributed by atoms with Crippen molar-refractivity contribution >= 4 is 11.8 Å². The van der Waals surface area contributed by atoms with Crippen LogP contribution in [0.4, 0.5) is 0 Å². The number of nitrogens with one attached hydrogen (secondary N) is 1. The molecule has 0 bridgehead atoms. The van der Waals surface area contributed by atoms with Crippen molar-refractivity contribution in [1.82, 2.24) is 5.32 Å². The molecule has 4 heteroatoms. The van der Waals surface area contributed by atoms with Crippen LogP contribution in [0.3, 0.4) is 0 Å². The molecule has 0 radical (unpaired) electrons. The lowest BCUT2D eigenvalue weighted by Crippen LogP contribution is -2.43. The zero-order chi connectivity index (χ0) is 13.4. The molecule has 0 spiro atoms. The lowest BCUT2D eigenvalue weighted by atomic mass is 10.1. The van der Waals surface area contributed by atoms with Crippen molar-refractivity contribution in [2.24, 2.45) is 0 Å². The van der Waals surface area contributed by atoms with Gasteiger partial charge in [-0.05, 0) is 44.2 Å². The molecule has 0 aliphatic rings. The Morgan fingerprint density at radius 2 is 2.06 bits per heavy atom. The number of methoxy groups -OCH3 is 1. The summed E-state index contributed by atoms with van der Waals surface area (Å²) in [5.74, 6) is 1.59. The van der Waals surface area contributed by atoms with Crippen LogP contribution in [0.2, 0.25) is 0 Å². The van der Waals surface area contributed by atoms with Crippen molar-refractivity contribution < 1.29 is 4.74 Å². The zero-order valence-electron chi connectivity index (χ0n) is 11.2. The molecular formula is C14H20N2OS. The first kappa shape index (κ1) is 14.9. The van der Waals surface area contributed by atoms with Crippen molar-refractivity contribution in [1.29, 1.82) is 5.26 Å². The first-order chi connectivity index (χ1) is 8.63. The lowest BCUT2D eigenvalue weighted by Gasteiger charge is -2.22.